The van der Waals surface area contributed by atoms with Crippen LogP contribution in [-0.2, 0) is 16.0 Å². The number of carbonyl (C=O) groups excluding carboxylic acids is 1. The zero-order valence-electron chi connectivity index (χ0n) is 22.7. The minimum absolute atomic E-state index is 0.00595. The number of hydrogen-bond acceptors (Lipinski definition) is 7. The van der Waals surface area contributed by atoms with Gasteiger partial charge in [-0.2, -0.15) is 0 Å². The third kappa shape index (κ3) is 11.5. The van der Waals surface area contributed by atoms with E-state index in [4.69, 9.17) is 19.3 Å². The van der Waals surface area contributed by atoms with Gasteiger partial charge in [0.15, 0.2) is 11.5 Å². The lowest BCUT2D eigenvalue weighted by Gasteiger charge is -2.32. The first-order chi connectivity index (χ1) is 16.8. The van der Waals surface area contributed by atoms with Crippen LogP contribution >= 0.6 is 0 Å². The average molecular weight is 512 g/mol. The lowest BCUT2D eigenvalue weighted by Crippen LogP contribution is -2.47. The molecule has 0 bridgehead atoms. The fourth-order valence-electron chi connectivity index (χ4n) is 3.83. The number of aliphatic carboxylic acids is 1. The molecular weight excluding hydrogens is 466 g/mol. The highest BCUT2D eigenvalue weighted by Crippen LogP contribution is 2.31. The summed E-state index contributed by atoms with van der Waals surface area (Å²) in [5, 5.41) is 32.0. The topological polar surface area (TPSA) is 135 Å². The number of aliphatic hydroxyl groups excluding tert-OH is 2. The Balaban J connectivity index is 3.12. The molecule has 0 radical (unpaired) electrons. The number of carboxylic acid groups (broad SMARTS) is 1. The van der Waals surface area contributed by atoms with E-state index in [-0.39, 0.29) is 24.9 Å². The number of carboxylic acids is 1. The maximum Gasteiger partial charge on any atom is 0.407 e. The number of aliphatic hydroxyl groups is 2. The lowest BCUT2D eigenvalue weighted by molar-refractivity contribution is -0.142. The number of methoxy groups -OCH3 is 1. The molecule has 0 unspecified atom stereocenters. The Hall–Kier alpha value is -2.52. The number of alkyl carbamates (subject to hydrolysis) is 1. The van der Waals surface area contributed by atoms with Crippen molar-refractivity contribution in [1.82, 2.24) is 5.32 Å². The first-order valence-corrected chi connectivity index (χ1v) is 12.6. The molecule has 36 heavy (non-hydrogen) atoms. The van der Waals surface area contributed by atoms with Gasteiger partial charge >= 0.3 is 12.1 Å². The SMILES string of the molecule is COc1ccc(C[C@@H](C[C@H](NC(=O)OC(C)(C)C)[C@@H](O)C[C@@H](C)C(=O)O)C(C)C)cc1OCCCO. The monoisotopic (exact) mass is 511 g/mol. The molecule has 4 atom stereocenters. The molecule has 0 aliphatic carbocycles. The van der Waals surface area contributed by atoms with E-state index in [1.165, 1.54) is 6.92 Å². The normalized spacial score (nSPS) is 15.1. The predicted molar refractivity (Wildman–Crippen MR) is 137 cm³/mol. The number of nitrogens with one attached hydrogen (secondary N) is 1. The highest BCUT2D eigenvalue weighted by Gasteiger charge is 2.31. The summed E-state index contributed by atoms with van der Waals surface area (Å²) in [6.45, 7) is 11.3. The summed E-state index contributed by atoms with van der Waals surface area (Å²) in [5.74, 6) is -0.320. The lowest BCUT2D eigenvalue weighted by atomic mass is 9.82. The molecule has 0 aromatic heterocycles. The van der Waals surface area contributed by atoms with E-state index in [0.717, 1.165) is 5.56 Å². The van der Waals surface area contributed by atoms with E-state index in [2.05, 4.69) is 19.2 Å². The van der Waals surface area contributed by atoms with E-state index in [9.17, 15) is 19.8 Å². The van der Waals surface area contributed by atoms with Crippen LogP contribution in [0.4, 0.5) is 4.79 Å². The van der Waals surface area contributed by atoms with E-state index in [0.29, 0.717) is 37.4 Å². The third-order valence-corrected chi connectivity index (χ3v) is 5.97. The molecule has 0 aliphatic rings. The van der Waals surface area contributed by atoms with Gasteiger partial charge in [0.2, 0.25) is 0 Å². The summed E-state index contributed by atoms with van der Waals surface area (Å²) in [6, 6.07) is 5.01. The zero-order valence-corrected chi connectivity index (χ0v) is 22.7. The summed E-state index contributed by atoms with van der Waals surface area (Å²) >= 11 is 0. The molecule has 0 saturated heterocycles. The Morgan fingerprint density at radius 3 is 2.28 bits per heavy atom. The van der Waals surface area contributed by atoms with Crippen molar-refractivity contribution in [2.24, 2.45) is 17.8 Å². The second-order valence-corrected chi connectivity index (χ2v) is 10.6. The second-order valence-electron chi connectivity index (χ2n) is 10.6. The van der Waals surface area contributed by atoms with Crippen LogP contribution in [0.15, 0.2) is 18.2 Å². The molecule has 1 aromatic carbocycles. The maximum atomic E-state index is 12.5. The van der Waals surface area contributed by atoms with Gasteiger partial charge in [0.05, 0.1) is 31.8 Å². The van der Waals surface area contributed by atoms with Gasteiger partial charge in [-0.1, -0.05) is 26.8 Å². The quantitative estimate of drug-likeness (QED) is 0.259. The molecule has 1 rings (SSSR count). The number of amides is 1. The summed E-state index contributed by atoms with van der Waals surface area (Å²) in [5.41, 5.74) is 0.291. The minimum atomic E-state index is -1.06. The van der Waals surface area contributed by atoms with Crippen LogP contribution in [0.2, 0.25) is 0 Å². The number of benzene rings is 1. The van der Waals surface area contributed by atoms with Crippen molar-refractivity contribution in [2.45, 2.75) is 85.0 Å². The van der Waals surface area contributed by atoms with Crippen molar-refractivity contribution >= 4 is 12.1 Å². The highest BCUT2D eigenvalue weighted by molar-refractivity contribution is 5.70. The molecule has 9 heteroatoms. The largest absolute Gasteiger partial charge is 0.493 e. The van der Waals surface area contributed by atoms with Crippen molar-refractivity contribution in [1.29, 1.82) is 0 Å². The second kappa shape index (κ2) is 14.9. The van der Waals surface area contributed by atoms with Gasteiger partial charge in [-0.25, -0.2) is 4.79 Å². The Morgan fingerprint density at radius 2 is 1.75 bits per heavy atom. The fraction of sp³-hybridized carbons (Fsp3) is 0.704. The van der Waals surface area contributed by atoms with E-state index < -0.39 is 35.7 Å². The first kappa shape index (κ1) is 31.5. The van der Waals surface area contributed by atoms with Gasteiger partial charge in [0.1, 0.15) is 5.60 Å². The highest BCUT2D eigenvalue weighted by atomic mass is 16.6. The summed E-state index contributed by atoms with van der Waals surface area (Å²) in [6.07, 6.45) is -0.124. The fourth-order valence-corrected chi connectivity index (χ4v) is 3.83. The van der Waals surface area contributed by atoms with Gasteiger partial charge in [-0.3, -0.25) is 4.79 Å². The van der Waals surface area contributed by atoms with Crippen molar-refractivity contribution in [2.75, 3.05) is 20.3 Å². The Kier molecular flexibility index (Phi) is 13.0. The molecule has 9 nitrogen and oxygen atoms in total. The Labute approximate surface area is 215 Å². The molecule has 0 aliphatic heterocycles. The van der Waals surface area contributed by atoms with E-state index in [1.54, 1.807) is 27.9 Å². The van der Waals surface area contributed by atoms with E-state index in [1.807, 2.05) is 18.2 Å². The van der Waals surface area contributed by atoms with Crippen LogP contribution in [-0.4, -0.2) is 65.5 Å². The molecule has 206 valence electrons. The van der Waals surface area contributed by atoms with Gasteiger partial charge in [-0.15, -0.1) is 0 Å². The van der Waals surface area contributed by atoms with Crippen molar-refractivity contribution in [3.8, 4) is 11.5 Å². The molecule has 0 saturated carbocycles. The van der Waals surface area contributed by atoms with Crippen LogP contribution in [0.3, 0.4) is 0 Å². The summed E-state index contributed by atoms with van der Waals surface area (Å²) < 4.78 is 16.6. The smallest absolute Gasteiger partial charge is 0.407 e. The van der Waals surface area contributed by atoms with Crippen LogP contribution in [0.1, 0.15) is 66.4 Å². The summed E-state index contributed by atoms with van der Waals surface area (Å²) in [7, 11) is 1.57. The Bertz CT molecular complexity index is 820. The third-order valence-electron chi connectivity index (χ3n) is 5.97. The molecule has 0 heterocycles. The minimum Gasteiger partial charge on any atom is -0.493 e. The van der Waals surface area contributed by atoms with Crippen molar-refractivity contribution in [3.63, 3.8) is 0 Å². The Morgan fingerprint density at radius 1 is 1.08 bits per heavy atom. The molecule has 1 amide bonds. The van der Waals surface area contributed by atoms with Crippen molar-refractivity contribution < 1.29 is 39.1 Å². The van der Waals surface area contributed by atoms with Crippen LogP contribution in [0.25, 0.3) is 0 Å². The van der Waals surface area contributed by atoms with Gasteiger partial charge in [0, 0.05) is 13.0 Å². The number of carbonyl (C=O) groups is 2. The van der Waals surface area contributed by atoms with Gasteiger partial charge in [0.25, 0.3) is 0 Å². The summed E-state index contributed by atoms with van der Waals surface area (Å²) in [4.78, 5) is 23.9. The first-order valence-electron chi connectivity index (χ1n) is 12.6. The number of hydrogen-bond donors (Lipinski definition) is 4. The van der Waals surface area contributed by atoms with Crippen LogP contribution < -0.4 is 14.8 Å². The van der Waals surface area contributed by atoms with Gasteiger partial charge < -0.3 is 34.8 Å². The van der Waals surface area contributed by atoms with Crippen LogP contribution in [0, 0.1) is 17.8 Å². The maximum absolute atomic E-state index is 12.5. The van der Waals surface area contributed by atoms with Crippen molar-refractivity contribution in [3.05, 3.63) is 23.8 Å². The van der Waals surface area contributed by atoms with Gasteiger partial charge in [-0.05, 0) is 69.6 Å². The molecule has 1 aromatic rings. The molecule has 0 spiro atoms. The number of rotatable bonds is 15. The zero-order chi connectivity index (χ0) is 27.5. The molecule has 4 N–H and O–H groups in total. The number of ether oxygens (including phenoxy) is 3. The molecular formula is C27H45NO8. The molecule has 0 fully saturated rings. The predicted octanol–water partition coefficient (Wildman–Crippen LogP) is 4.03. The average Bonchev–Trinajstić information content (AvgIpc) is 2.76. The van der Waals surface area contributed by atoms with E-state index >= 15 is 0 Å². The standard InChI is InChI=1S/C27H45NO8/c1-17(2)20(14-19-9-10-23(34-7)24(15-19)35-12-8-11-29)16-21(22(30)13-18(3)25(31)32)28-26(33)36-27(4,5)6/h9-10,15,17-18,20-22,29-30H,8,11-14,16H2,1-7H3,(H,28,33)(H,31,32)/t18-,20+,21+,22+/m1/s1. The van der Waals surface area contributed by atoms with Crippen LogP contribution in [0.5, 0.6) is 11.5 Å².